The minimum absolute atomic E-state index is 0.115. The zero-order chi connectivity index (χ0) is 21.0. The lowest BCUT2D eigenvalue weighted by Crippen LogP contribution is -2.54. The van der Waals surface area contributed by atoms with Gasteiger partial charge in [0.05, 0.1) is 12.2 Å². The molecule has 4 nitrogen and oxygen atoms in total. The van der Waals surface area contributed by atoms with Gasteiger partial charge in [0.2, 0.25) is 0 Å². The quantitative estimate of drug-likeness (QED) is 0.693. The number of piperidine rings is 1. The topological polar surface area (TPSA) is 52.9 Å². The number of rotatable bonds is 6. The maximum Gasteiger partial charge on any atom is 0.161 e. The fraction of sp³-hybridized carbons (Fsp3) is 0.462. The summed E-state index contributed by atoms with van der Waals surface area (Å²) in [5, 5.41) is 21.6. The van der Waals surface area contributed by atoms with Crippen LogP contribution in [-0.4, -0.2) is 40.4 Å². The molecule has 30 heavy (non-hydrogen) atoms. The molecule has 0 unspecified atom stereocenters. The Bertz CT molecular complexity index is 866. The van der Waals surface area contributed by atoms with Crippen molar-refractivity contribution in [1.29, 1.82) is 0 Å². The van der Waals surface area contributed by atoms with Gasteiger partial charge in [0, 0.05) is 25.0 Å². The van der Waals surface area contributed by atoms with Crippen LogP contribution in [0, 0.1) is 5.92 Å². The van der Waals surface area contributed by atoms with E-state index < -0.39 is 5.60 Å². The average molecular weight is 408 g/mol. The van der Waals surface area contributed by atoms with Gasteiger partial charge in [0.25, 0.3) is 0 Å². The van der Waals surface area contributed by atoms with Crippen LogP contribution in [0.2, 0.25) is 0 Å². The Hall–Kier alpha value is -2.30. The van der Waals surface area contributed by atoms with Gasteiger partial charge in [-0.1, -0.05) is 61.4 Å². The lowest BCUT2D eigenvalue weighted by atomic mass is 9.66. The van der Waals surface area contributed by atoms with Crippen LogP contribution in [0.4, 0.5) is 0 Å². The third kappa shape index (κ3) is 4.40. The summed E-state index contributed by atoms with van der Waals surface area (Å²) in [4.78, 5) is 2.48. The molecule has 2 N–H and O–H groups in total. The van der Waals surface area contributed by atoms with Crippen molar-refractivity contribution in [2.24, 2.45) is 5.92 Å². The molecule has 1 aliphatic carbocycles. The monoisotopic (exact) mass is 407 g/mol. The zero-order valence-electron chi connectivity index (χ0n) is 17.8. The molecule has 4 heteroatoms. The van der Waals surface area contributed by atoms with E-state index in [-0.39, 0.29) is 17.7 Å². The van der Waals surface area contributed by atoms with Gasteiger partial charge in [-0.15, -0.1) is 0 Å². The van der Waals surface area contributed by atoms with E-state index >= 15 is 0 Å². The molecule has 0 aromatic heterocycles. The number of benzene rings is 2. The second-order valence-corrected chi connectivity index (χ2v) is 8.62. The normalized spacial score (nSPS) is 27.1. The maximum atomic E-state index is 11.4. The Balaban J connectivity index is 1.63. The van der Waals surface area contributed by atoms with Gasteiger partial charge >= 0.3 is 0 Å². The van der Waals surface area contributed by atoms with Gasteiger partial charge in [0.1, 0.15) is 0 Å². The number of likely N-dealkylation sites (tertiary alicyclic amines) is 1. The van der Waals surface area contributed by atoms with Crippen molar-refractivity contribution in [1.82, 2.24) is 4.90 Å². The summed E-state index contributed by atoms with van der Waals surface area (Å²) in [6, 6.07) is 16.2. The van der Waals surface area contributed by atoms with Crippen LogP contribution in [0.25, 0.3) is 6.08 Å². The van der Waals surface area contributed by atoms with Gasteiger partial charge in [0.15, 0.2) is 11.5 Å². The highest BCUT2D eigenvalue weighted by atomic mass is 16.5. The highest BCUT2D eigenvalue weighted by Gasteiger charge is 2.48. The summed E-state index contributed by atoms with van der Waals surface area (Å²) in [5.41, 5.74) is 1.73. The molecule has 1 aliphatic heterocycles. The fourth-order valence-corrected chi connectivity index (χ4v) is 5.26. The largest absolute Gasteiger partial charge is 0.504 e. The molecule has 2 aromatic carbocycles. The van der Waals surface area contributed by atoms with E-state index in [2.05, 4.69) is 41.3 Å². The number of aromatic hydroxyl groups is 1. The second kappa shape index (κ2) is 9.23. The van der Waals surface area contributed by atoms with E-state index in [4.69, 9.17) is 4.74 Å². The Morgan fingerprint density at radius 3 is 2.77 bits per heavy atom. The number of hydrogen-bond acceptors (Lipinski definition) is 4. The molecule has 4 rings (SSSR count). The van der Waals surface area contributed by atoms with Crippen molar-refractivity contribution in [3.05, 3.63) is 65.7 Å². The standard InChI is InChI=1S/C26H33NO3/c1-2-30-24-19-21(13-14-23(24)28)25-22-12-6-7-15-26(22,29)16-18-27(25)17-8-11-20-9-4-3-5-10-20/h3-5,8-11,13-14,19,22,25,28-29H,2,6-7,12,15-18H2,1H3/b11-8+/t22-,25+,26-/m0/s1. The van der Waals surface area contributed by atoms with E-state index in [1.165, 1.54) is 5.56 Å². The molecule has 0 bridgehead atoms. The minimum atomic E-state index is -0.591. The Morgan fingerprint density at radius 2 is 1.97 bits per heavy atom. The molecule has 0 amide bonds. The minimum Gasteiger partial charge on any atom is -0.504 e. The van der Waals surface area contributed by atoms with Crippen molar-refractivity contribution in [3.63, 3.8) is 0 Å². The van der Waals surface area contributed by atoms with Crippen molar-refractivity contribution in [3.8, 4) is 11.5 Å². The second-order valence-electron chi connectivity index (χ2n) is 8.62. The molecule has 160 valence electrons. The SMILES string of the molecule is CCOc1cc([C@@H]2[C@@H]3CCCC[C@]3(O)CCN2C/C=C/c2ccccc2)ccc1O. The van der Waals surface area contributed by atoms with Gasteiger partial charge in [-0.2, -0.15) is 0 Å². The van der Waals surface area contributed by atoms with Crippen LogP contribution in [-0.2, 0) is 0 Å². The van der Waals surface area contributed by atoms with E-state index in [9.17, 15) is 10.2 Å². The highest BCUT2D eigenvalue weighted by molar-refractivity contribution is 5.49. The van der Waals surface area contributed by atoms with Crippen molar-refractivity contribution >= 4 is 6.08 Å². The summed E-state index contributed by atoms with van der Waals surface area (Å²) in [6.45, 7) is 4.13. The van der Waals surface area contributed by atoms with E-state index in [1.807, 2.05) is 25.1 Å². The number of ether oxygens (including phenoxy) is 1. The van der Waals surface area contributed by atoms with E-state index in [0.29, 0.717) is 12.4 Å². The van der Waals surface area contributed by atoms with Crippen LogP contribution in [0.5, 0.6) is 11.5 Å². The zero-order valence-corrected chi connectivity index (χ0v) is 17.8. The summed E-state index contributed by atoms with van der Waals surface area (Å²) in [7, 11) is 0. The molecule has 3 atom stereocenters. The number of nitrogens with zero attached hydrogens (tertiary/aromatic N) is 1. The Kier molecular flexibility index (Phi) is 6.45. The molecule has 1 saturated heterocycles. The van der Waals surface area contributed by atoms with Crippen LogP contribution in [0.15, 0.2) is 54.6 Å². The number of hydrogen-bond donors (Lipinski definition) is 2. The number of fused-ring (bicyclic) bond motifs is 1. The Morgan fingerprint density at radius 1 is 1.13 bits per heavy atom. The van der Waals surface area contributed by atoms with Gasteiger partial charge in [-0.25, -0.2) is 0 Å². The van der Waals surface area contributed by atoms with Crippen LogP contribution < -0.4 is 4.74 Å². The summed E-state index contributed by atoms with van der Waals surface area (Å²) < 4.78 is 5.66. The van der Waals surface area contributed by atoms with Gasteiger partial charge in [-0.05, 0) is 49.4 Å². The van der Waals surface area contributed by atoms with E-state index in [0.717, 1.165) is 50.8 Å². The number of phenolic OH excluding ortho intramolecular Hbond substituents is 1. The lowest BCUT2D eigenvalue weighted by Gasteiger charge is -2.52. The predicted molar refractivity (Wildman–Crippen MR) is 121 cm³/mol. The van der Waals surface area contributed by atoms with Crippen molar-refractivity contribution in [2.45, 2.75) is 50.7 Å². The van der Waals surface area contributed by atoms with Crippen LogP contribution in [0.1, 0.15) is 56.2 Å². The third-order valence-electron chi connectivity index (χ3n) is 6.75. The molecule has 2 aromatic rings. The molecular weight excluding hydrogens is 374 g/mol. The molecule has 2 fully saturated rings. The molecule has 2 aliphatic rings. The first-order chi connectivity index (χ1) is 14.6. The molecule has 1 saturated carbocycles. The first-order valence-corrected chi connectivity index (χ1v) is 11.2. The molecular formula is C26H33NO3. The van der Waals surface area contributed by atoms with E-state index in [1.54, 1.807) is 6.07 Å². The van der Waals surface area contributed by atoms with Crippen LogP contribution in [0.3, 0.4) is 0 Å². The highest BCUT2D eigenvalue weighted by Crippen LogP contribution is 2.50. The number of phenols is 1. The summed E-state index contributed by atoms with van der Waals surface area (Å²) >= 11 is 0. The summed E-state index contributed by atoms with van der Waals surface area (Å²) in [5.74, 6) is 0.898. The third-order valence-corrected chi connectivity index (χ3v) is 6.75. The van der Waals surface area contributed by atoms with Gasteiger partial charge < -0.3 is 14.9 Å². The summed E-state index contributed by atoms with van der Waals surface area (Å²) in [6.07, 6.45) is 9.40. The number of aliphatic hydroxyl groups is 1. The molecule has 1 heterocycles. The maximum absolute atomic E-state index is 11.4. The molecule has 0 spiro atoms. The lowest BCUT2D eigenvalue weighted by molar-refractivity contribution is -0.122. The average Bonchev–Trinajstić information content (AvgIpc) is 2.76. The predicted octanol–water partition coefficient (Wildman–Crippen LogP) is 5.17. The smallest absolute Gasteiger partial charge is 0.161 e. The first kappa shape index (κ1) is 21.0. The van der Waals surface area contributed by atoms with Gasteiger partial charge in [-0.3, -0.25) is 4.90 Å². The first-order valence-electron chi connectivity index (χ1n) is 11.2. The van der Waals surface area contributed by atoms with Crippen LogP contribution >= 0.6 is 0 Å². The van der Waals surface area contributed by atoms with Crippen molar-refractivity contribution in [2.75, 3.05) is 19.7 Å². The Labute approximate surface area is 179 Å². The molecule has 0 radical (unpaired) electrons. The van der Waals surface area contributed by atoms with Crippen molar-refractivity contribution < 1.29 is 14.9 Å². The fourth-order valence-electron chi connectivity index (χ4n) is 5.26.